The van der Waals surface area contributed by atoms with Crippen molar-refractivity contribution in [2.45, 2.75) is 39.5 Å². The highest BCUT2D eigenvalue weighted by molar-refractivity contribution is 6.17. The molecule has 0 atom stereocenters. The summed E-state index contributed by atoms with van der Waals surface area (Å²) in [5.74, 6) is -1.39. The number of carbonyl (C=O) groups excluding carboxylic acids is 3. The van der Waals surface area contributed by atoms with Crippen molar-refractivity contribution in [2.24, 2.45) is 0 Å². The Morgan fingerprint density at radius 1 is 1.21 bits per heavy atom. The lowest BCUT2D eigenvalue weighted by atomic mass is 9.96. The fourth-order valence-electron chi connectivity index (χ4n) is 2.21. The third-order valence-electron chi connectivity index (χ3n) is 3.76. The average Bonchev–Trinajstić information content (AvgIpc) is 2.54. The van der Waals surface area contributed by atoms with Gasteiger partial charge in [0.25, 0.3) is 11.8 Å². The summed E-state index contributed by atoms with van der Waals surface area (Å²) in [5, 5.41) is 9.05. The van der Waals surface area contributed by atoms with Crippen molar-refractivity contribution < 1.29 is 19.1 Å². The van der Waals surface area contributed by atoms with Gasteiger partial charge >= 0.3 is 5.97 Å². The maximum absolute atomic E-state index is 12.1. The molecule has 0 unspecified atom stereocenters. The van der Waals surface area contributed by atoms with E-state index in [0.29, 0.717) is 30.6 Å². The first kappa shape index (κ1) is 19.4. The van der Waals surface area contributed by atoms with Crippen molar-refractivity contribution in [3.05, 3.63) is 35.5 Å². The minimum atomic E-state index is -0.553. The zero-order valence-corrected chi connectivity index (χ0v) is 14.2. The van der Waals surface area contributed by atoms with Gasteiger partial charge in [-0.25, -0.2) is 4.79 Å². The number of amides is 2. The van der Waals surface area contributed by atoms with Gasteiger partial charge in [0.15, 0.2) is 0 Å². The Bertz CT molecular complexity index is 652. The van der Waals surface area contributed by atoms with Crippen LogP contribution in [-0.2, 0) is 19.1 Å². The van der Waals surface area contributed by atoms with Crippen LogP contribution < -0.4 is 0 Å². The Morgan fingerprint density at radius 3 is 2.42 bits per heavy atom. The van der Waals surface area contributed by atoms with Gasteiger partial charge in [0.2, 0.25) is 0 Å². The molecular formula is C18H22N2O4. The molecule has 1 aliphatic rings. The second-order valence-electron chi connectivity index (χ2n) is 5.68. The van der Waals surface area contributed by atoms with Gasteiger partial charge in [0.05, 0.1) is 6.61 Å². The molecular weight excluding hydrogens is 308 g/mol. The lowest BCUT2D eigenvalue weighted by Gasteiger charge is -2.26. The molecule has 6 nitrogen and oxygen atoms in total. The first-order chi connectivity index (χ1) is 11.3. The molecule has 128 valence electrons. The van der Waals surface area contributed by atoms with Gasteiger partial charge in [-0.1, -0.05) is 19.6 Å². The highest BCUT2D eigenvalue weighted by Gasteiger charge is 2.33. The summed E-state index contributed by atoms with van der Waals surface area (Å²) in [6.45, 7) is 10.9. The molecule has 6 heteroatoms. The highest BCUT2D eigenvalue weighted by Crippen LogP contribution is 2.23. The van der Waals surface area contributed by atoms with E-state index >= 15 is 0 Å². The molecule has 0 saturated carbocycles. The van der Waals surface area contributed by atoms with Gasteiger partial charge in [-0.3, -0.25) is 14.5 Å². The summed E-state index contributed by atoms with van der Waals surface area (Å²) in [7, 11) is 0. The van der Waals surface area contributed by atoms with Gasteiger partial charge < -0.3 is 4.74 Å². The maximum atomic E-state index is 12.1. The number of hydrogen-bond donors (Lipinski definition) is 0. The Morgan fingerprint density at radius 2 is 1.83 bits per heavy atom. The number of esters is 1. The minimum Gasteiger partial charge on any atom is -0.462 e. The molecule has 0 spiro atoms. The van der Waals surface area contributed by atoms with Crippen LogP contribution >= 0.6 is 0 Å². The molecule has 0 N–H and O–H groups in total. The number of unbranched alkanes of at least 4 members (excludes halogenated alkanes) is 3. The van der Waals surface area contributed by atoms with E-state index in [1.54, 1.807) is 13.8 Å². The summed E-state index contributed by atoms with van der Waals surface area (Å²) in [5.41, 5.74) is 0.890. The van der Waals surface area contributed by atoms with Crippen LogP contribution in [0.25, 0.3) is 0 Å². The predicted molar refractivity (Wildman–Crippen MR) is 88.4 cm³/mol. The lowest BCUT2D eigenvalue weighted by Crippen LogP contribution is -2.42. The Hall–Kier alpha value is -2.68. The fraction of sp³-hybridized carbons (Fsp3) is 0.444. The van der Waals surface area contributed by atoms with Crippen LogP contribution in [0.1, 0.15) is 39.5 Å². The van der Waals surface area contributed by atoms with E-state index in [1.165, 1.54) is 0 Å². The van der Waals surface area contributed by atoms with Crippen molar-refractivity contribution in [1.29, 1.82) is 5.26 Å². The molecule has 24 heavy (non-hydrogen) atoms. The molecule has 0 aromatic rings. The Balaban J connectivity index is 2.38. The molecule has 0 radical (unpaired) electrons. The van der Waals surface area contributed by atoms with E-state index in [9.17, 15) is 14.4 Å². The molecule has 0 aromatic carbocycles. The zero-order valence-electron chi connectivity index (χ0n) is 14.2. The molecule has 0 saturated heterocycles. The average molecular weight is 330 g/mol. The van der Waals surface area contributed by atoms with Crippen LogP contribution in [0.4, 0.5) is 0 Å². The molecule has 2 amide bonds. The Kier molecular flexibility index (Phi) is 7.12. The first-order valence-electron chi connectivity index (χ1n) is 7.80. The normalized spacial score (nSPS) is 14.7. The number of nitriles is 1. The van der Waals surface area contributed by atoms with Gasteiger partial charge in [0, 0.05) is 17.7 Å². The quantitative estimate of drug-likeness (QED) is 0.295. The maximum Gasteiger partial charge on any atom is 0.333 e. The SMILES string of the molecule is C=C(C)C(=O)OCCCCCCN1C(=O)C(=C)C(C)=C(C#N)C1=O. The van der Waals surface area contributed by atoms with Crippen LogP contribution in [0.15, 0.2) is 35.5 Å². The van der Waals surface area contributed by atoms with Crippen LogP contribution in [-0.4, -0.2) is 35.8 Å². The molecule has 0 bridgehead atoms. The number of ether oxygens (including phenoxy) is 1. The summed E-state index contributed by atoms with van der Waals surface area (Å²) < 4.78 is 4.98. The van der Waals surface area contributed by atoms with Crippen molar-refractivity contribution in [3.63, 3.8) is 0 Å². The Labute approximate surface area is 142 Å². The van der Waals surface area contributed by atoms with Crippen molar-refractivity contribution >= 4 is 17.8 Å². The molecule has 1 rings (SSSR count). The number of rotatable bonds is 8. The third kappa shape index (κ3) is 4.66. The summed E-state index contributed by atoms with van der Waals surface area (Å²) in [4.78, 5) is 36.5. The molecule has 0 aliphatic carbocycles. The molecule has 1 heterocycles. The van der Waals surface area contributed by atoms with E-state index in [2.05, 4.69) is 13.2 Å². The van der Waals surface area contributed by atoms with Gasteiger partial charge in [0.1, 0.15) is 11.6 Å². The first-order valence-corrected chi connectivity index (χ1v) is 7.80. The van der Waals surface area contributed by atoms with Crippen LogP contribution in [0, 0.1) is 11.3 Å². The van der Waals surface area contributed by atoms with E-state index < -0.39 is 17.8 Å². The van der Waals surface area contributed by atoms with E-state index in [0.717, 1.165) is 17.7 Å². The second-order valence-corrected chi connectivity index (χ2v) is 5.68. The van der Waals surface area contributed by atoms with Crippen LogP contribution in [0.3, 0.4) is 0 Å². The van der Waals surface area contributed by atoms with E-state index in [4.69, 9.17) is 10.00 Å². The largest absolute Gasteiger partial charge is 0.462 e. The zero-order chi connectivity index (χ0) is 18.3. The van der Waals surface area contributed by atoms with Gasteiger partial charge in [-0.15, -0.1) is 0 Å². The summed E-state index contributed by atoms with van der Waals surface area (Å²) in [6, 6.07) is 1.84. The van der Waals surface area contributed by atoms with E-state index in [1.807, 2.05) is 6.07 Å². The number of hydrogen-bond acceptors (Lipinski definition) is 5. The number of nitrogens with zero attached hydrogens (tertiary/aromatic N) is 2. The predicted octanol–water partition coefficient (Wildman–Crippen LogP) is 2.43. The number of imide groups is 1. The fourth-order valence-corrected chi connectivity index (χ4v) is 2.21. The monoisotopic (exact) mass is 330 g/mol. The van der Waals surface area contributed by atoms with Gasteiger partial charge in [-0.2, -0.15) is 5.26 Å². The second kappa shape index (κ2) is 8.82. The van der Waals surface area contributed by atoms with Gasteiger partial charge in [-0.05, 0) is 38.7 Å². The van der Waals surface area contributed by atoms with Crippen LogP contribution in [0.5, 0.6) is 0 Å². The third-order valence-corrected chi connectivity index (χ3v) is 3.76. The van der Waals surface area contributed by atoms with Crippen molar-refractivity contribution in [3.8, 4) is 6.07 Å². The van der Waals surface area contributed by atoms with Crippen molar-refractivity contribution in [1.82, 2.24) is 4.90 Å². The molecule has 1 aliphatic heterocycles. The topological polar surface area (TPSA) is 87.5 Å². The highest BCUT2D eigenvalue weighted by atomic mass is 16.5. The smallest absolute Gasteiger partial charge is 0.333 e. The van der Waals surface area contributed by atoms with Crippen LogP contribution in [0.2, 0.25) is 0 Å². The standard InChI is InChI=1S/C18H22N2O4/c1-12(2)18(23)24-10-8-6-5-7-9-20-16(21)14(4)13(3)15(11-19)17(20)22/h1,4-10H2,2-3H3. The molecule has 0 aromatic heterocycles. The minimum absolute atomic E-state index is 0.0219. The van der Waals surface area contributed by atoms with E-state index in [-0.39, 0.29) is 17.7 Å². The molecule has 0 fully saturated rings. The summed E-state index contributed by atoms with van der Waals surface area (Å²) >= 11 is 0. The van der Waals surface area contributed by atoms with Crippen molar-refractivity contribution in [2.75, 3.05) is 13.2 Å². The summed E-state index contributed by atoms with van der Waals surface area (Å²) in [6.07, 6.45) is 2.91. The number of carbonyl (C=O) groups is 3. The lowest BCUT2D eigenvalue weighted by molar-refractivity contribution is -0.141.